The van der Waals surface area contributed by atoms with E-state index < -0.39 is 36.1 Å². The Kier molecular flexibility index (Phi) is 3.70. The van der Waals surface area contributed by atoms with Gasteiger partial charge in [-0.15, -0.1) is 0 Å². The molecule has 4 nitrogen and oxygen atoms in total. The molecule has 0 saturated heterocycles. The first-order valence-electron chi connectivity index (χ1n) is 4.19. The number of carbonyl (C=O) groups excluding carboxylic acids is 1. The first-order chi connectivity index (χ1) is 7.45. The zero-order valence-electron chi connectivity index (χ0n) is 8.21. The zero-order chi connectivity index (χ0) is 12.3. The number of rotatable bonds is 3. The van der Waals surface area contributed by atoms with Gasteiger partial charge < -0.3 is 9.84 Å². The number of aromatic nitrogens is 1. The Morgan fingerprint density at radius 1 is 1.62 bits per heavy atom. The molecule has 7 heteroatoms. The lowest BCUT2D eigenvalue weighted by molar-refractivity contribution is -0.139. The summed E-state index contributed by atoms with van der Waals surface area (Å²) in [4.78, 5) is 14.0. The van der Waals surface area contributed by atoms with Gasteiger partial charge in [0.05, 0.1) is 19.2 Å². The average molecular weight is 235 g/mol. The number of methoxy groups -OCH3 is 1. The van der Waals surface area contributed by atoms with Crippen LogP contribution in [0.25, 0.3) is 0 Å². The van der Waals surface area contributed by atoms with Crippen LogP contribution in [0.15, 0.2) is 6.07 Å². The second kappa shape index (κ2) is 4.82. The molecule has 88 valence electrons. The molecule has 1 aromatic heterocycles. The molecule has 0 unspecified atom stereocenters. The van der Waals surface area contributed by atoms with Gasteiger partial charge >= 0.3 is 5.97 Å². The summed E-state index contributed by atoms with van der Waals surface area (Å²) in [7, 11) is 1.09. The molecule has 0 amide bonds. The molecule has 0 aliphatic heterocycles. The van der Waals surface area contributed by atoms with E-state index in [1.54, 1.807) is 0 Å². The molecule has 0 bridgehead atoms. The van der Waals surface area contributed by atoms with Crippen LogP contribution in [0, 0.1) is 5.82 Å². The molecule has 0 fully saturated rings. The molecule has 1 aromatic rings. The van der Waals surface area contributed by atoms with Gasteiger partial charge in [-0.25, -0.2) is 18.2 Å². The fourth-order valence-electron chi connectivity index (χ4n) is 1.03. The van der Waals surface area contributed by atoms with Crippen LogP contribution < -0.4 is 0 Å². The van der Waals surface area contributed by atoms with E-state index in [1.165, 1.54) is 0 Å². The maximum absolute atomic E-state index is 12.9. The van der Waals surface area contributed by atoms with Crippen LogP contribution in [0.5, 0.6) is 5.75 Å². The van der Waals surface area contributed by atoms with Gasteiger partial charge in [-0.1, -0.05) is 0 Å². The predicted molar refractivity (Wildman–Crippen MR) is 46.5 cm³/mol. The van der Waals surface area contributed by atoms with Crippen molar-refractivity contribution in [3.05, 3.63) is 23.3 Å². The van der Waals surface area contributed by atoms with Gasteiger partial charge in [-0.3, -0.25) is 4.79 Å². The van der Waals surface area contributed by atoms with Crippen LogP contribution >= 0.6 is 0 Å². The minimum atomic E-state index is -3.11. The van der Waals surface area contributed by atoms with E-state index in [0.29, 0.717) is 6.07 Å². The SMILES string of the molecule is COC(=O)Cc1nc(C(F)F)c(F)cc1O. The minimum absolute atomic E-state index is 0.344. The largest absolute Gasteiger partial charge is 0.506 e. The third kappa shape index (κ3) is 2.62. The fraction of sp³-hybridized carbons (Fsp3) is 0.333. The number of carbonyl (C=O) groups is 1. The molecule has 0 aliphatic carbocycles. The van der Waals surface area contributed by atoms with Crippen LogP contribution in [0.1, 0.15) is 17.8 Å². The van der Waals surface area contributed by atoms with Gasteiger partial charge in [0, 0.05) is 6.07 Å². The van der Waals surface area contributed by atoms with Gasteiger partial charge in [-0.05, 0) is 0 Å². The van der Waals surface area contributed by atoms with Crippen LogP contribution in [0.3, 0.4) is 0 Å². The zero-order valence-corrected chi connectivity index (χ0v) is 8.21. The highest BCUT2D eigenvalue weighted by atomic mass is 19.3. The second-order valence-corrected chi connectivity index (χ2v) is 2.87. The van der Waals surface area contributed by atoms with Gasteiger partial charge in [0.15, 0.2) is 5.82 Å². The Morgan fingerprint density at radius 3 is 2.75 bits per heavy atom. The summed E-state index contributed by atoms with van der Waals surface area (Å²) >= 11 is 0. The van der Waals surface area contributed by atoms with Crippen molar-refractivity contribution in [2.45, 2.75) is 12.8 Å². The summed E-state index contributed by atoms with van der Waals surface area (Å²) in [6.07, 6.45) is -3.61. The quantitative estimate of drug-likeness (QED) is 0.808. The van der Waals surface area contributed by atoms with E-state index in [-0.39, 0.29) is 5.69 Å². The molecule has 16 heavy (non-hydrogen) atoms. The minimum Gasteiger partial charge on any atom is -0.506 e. The maximum Gasteiger partial charge on any atom is 0.311 e. The fourth-order valence-corrected chi connectivity index (χ4v) is 1.03. The van der Waals surface area contributed by atoms with Crippen molar-refractivity contribution in [3.63, 3.8) is 0 Å². The highest BCUT2D eigenvalue weighted by Gasteiger charge is 2.20. The summed E-state index contributed by atoms with van der Waals surface area (Å²) in [5, 5.41) is 9.19. The smallest absolute Gasteiger partial charge is 0.311 e. The van der Waals surface area contributed by atoms with E-state index in [0.717, 1.165) is 7.11 Å². The van der Waals surface area contributed by atoms with Crippen molar-refractivity contribution in [3.8, 4) is 5.75 Å². The molecule has 0 atom stereocenters. The molecule has 0 radical (unpaired) electrons. The summed E-state index contributed by atoms with van der Waals surface area (Å²) in [6.45, 7) is 0. The van der Waals surface area contributed by atoms with Gasteiger partial charge in [0.25, 0.3) is 6.43 Å². The molecular weight excluding hydrogens is 227 g/mol. The number of pyridine rings is 1. The van der Waals surface area contributed by atoms with Crippen LogP contribution in [0.4, 0.5) is 13.2 Å². The predicted octanol–water partition coefficient (Wildman–Crippen LogP) is 1.58. The number of hydrogen-bond donors (Lipinski definition) is 1. The van der Waals surface area contributed by atoms with Crippen molar-refractivity contribution in [1.82, 2.24) is 4.98 Å². The molecule has 1 heterocycles. The maximum atomic E-state index is 12.9. The summed E-state index contributed by atoms with van der Waals surface area (Å²) < 4.78 is 41.7. The van der Waals surface area contributed by atoms with E-state index in [9.17, 15) is 23.1 Å². The molecule has 0 aromatic carbocycles. The van der Waals surface area contributed by atoms with Crippen molar-refractivity contribution < 1.29 is 27.8 Å². The summed E-state index contributed by atoms with van der Waals surface area (Å²) in [5.74, 6) is -2.75. The summed E-state index contributed by atoms with van der Waals surface area (Å²) in [5.41, 5.74) is -1.44. The van der Waals surface area contributed by atoms with Crippen LogP contribution in [-0.4, -0.2) is 23.2 Å². The lowest BCUT2D eigenvalue weighted by Crippen LogP contribution is -2.08. The van der Waals surface area contributed by atoms with Gasteiger partial charge in [0.2, 0.25) is 0 Å². The number of ether oxygens (including phenoxy) is 1. The first-order valence-corrected chi connectivity index (χ1v) is 4.19. The van der Waals surface area contributed by atoms with Crippen molar-refractivity contribution in [2.24, 2.45) is 0 Å². The highest BCUT2D eigenvalue weighted by molar-refractivity contribution is 5.72. The molecule has 0 spiro atoms. The Morgan fingerprint density at radius 2 is 2.25 bits per heavy atom. The van der Waals surface area contributed by atoms with E-state index in [2.05, 4.69) is 9.72 Å². The Balaban J connectivity index is 3.09. The first kappa shape index (κ1) is 12.3. The van der Waals surface area contributed by atoms with Crippen LogP contribution in [-0.2, 0) is 16.0 Å². The monoisotopic (exact) mass is 235 g/mol. The third-order valence-corrected chi connectivity index (χ3v) is 1.81. The number of nitrogens with zero attached hydrogens (tertiary/aromatic N) is 1. The van der Waals surface area contributed by atoms with Crippen molar-refractivity contribution in [2.75, 3.05) is 7.11 Å². The van der Waals surface area contributed by atoms with Crippen LogP contribution in [0.2, 0.25) is 0 Å². The van der Waals surface area contributed by atoms with Crippen molar-refractivity contribution >= 4 is 5.97 Å². The Bertz CT molecular complexity index is 409. The number of aromatic hydroxyl groups is 1. The number of halogens is 3. The number of esters is 1. The second-order valence-electron chi connectivity index (χ2n) is 2.87. The van der Waals surface area contributed by atoms with E-state index >= 15 is 0 Å². The Hall–Kier alpha value is -1.79. The summed E-state index contributed by atoms with van der Waals surface area (Å²) in [6, 6.07) is 0.493. The molecule has 1 rings (SSSR count). The standard InChI is InChI=1S/C9H8F3NO3/c1-16-7(15)3-5-6(14)2-4(10)8(13-5)9(11)12/h2,9,14H,3H2,1H3. The molecule has 0 saturated carbocycles. The van der Waals surface area contributed by atoms with Crippen molar-refractivity contribution in [1.29, 1.82) is 0 Å². The lowest BCUT2D eigenvalue weighted by atomic mass is 10.2. The van der Waals surface area contributed by atoms with Gasteiger partial charge in [-0.2, -0.15) is 0 Å². The number of alkyl halides is 2. The Labute approximate surface area is 88.7 Å². The average Bonchev–Trinajstić information content (AvgIpc) is 2.21. The van der Waals surface area contributed by atoms with E-state index in [1.807, 2.05) is 0 Å². The highest BCUT2D eigenvalue weighted by Crippen LogP contribution is 2.25. The van der Waals surface area contributed by atoms with E-state index in [4.69, 9.17) is 0 Å². The van der Waals surface area contributed by atoms with Gasteiger partial charge in [0.1, 0.15) is 11.4 Å². The third-order valence-electron chi connectivity index (χ3n) is 1.81. The topological polar surface area (TPSA) is 59.4 Å². The molecule has 0 aliphatic rings. The molecule has 1 N–H and O–H groups in total. The number of hydrogen-bond acceptors (Lipinski definition) is 4. The normalized spacial score (nSPS) is 10.6. The molecular formula is C9H8F3NO3. The lowest BCUT2D eigenvalue weighted by Gasteiger charge is -2.06.